The molecule has 0 aromatic heterocycles. The van der Waals surface area contributed by atoms with Gasteiger partial charge in [0.05, 0.1) is 0 Å². The highest BCUT2D eigenvalue weighted by Crippen LogP contribution is 2.19. The Labute approximate surface area is 108 Å². The highest BCUT2D eigenvalue weighted by Gasteiger charge is 2.14. The predicted octanol–water partition coefficient (Wildman–Crippen LogP) is 1.65. The molecule has 0 radical (unpaired) electrons. The summed E-state index contributed by atoms with van der Waals surface area (Å²) in [6, 6.07) is 0. The summed E-state index contributed by atoms with van der Waals surface area (Å²) < 4.78 is 0. The molecule has 0 amide bonds. The standard InChI is InChI=1S/C14H31N3/c1-4-14-6-5-10-17(11-7-14)13-9-15-8-12-16(2)3/h14-15H,4-13H2,1-3H3. The molecule has 1 aliphatic heterocycles. The van der Waals surface area contributed by atoms with Crippen LogP contribution in [-0.2, 0) is 0 Å². The Bertz CT molecular complexity index is 182. The van der Waals surface area contributed by atoms with Gasteiger partial charge in [-0.25, -0.2) is 0 Å². The maximum absolute atomic E-state index is 3.53. The molecule has 0 bridgehead atoms. The molecule has 0 aliphatic carbocycles. The summed E-state index contributed by atoms with van der Waals surface area (Å²) in [6.07, 6.45) is 5.63. The van der Waals surface area contributed by atoms with Crippen LogP contribution in [0.15, 0.2) is 0 Å². The molecule has 1 unspecified atom stereocenters. The van der Waals surface area contributed by atoms with Crippen molar-refractivity contribution in [3.05, 3.63) is 0 Å². The van der Waals surface area contributed by atoms with Crippen LogP contribution >= 0.6 is 0 Å². The lowest BCUT2D eigenvalue weighted by Crippen LogP contribution is -2.35. The summed E-state index contributed by atoms with van der Waals surface area (Å²) in [5.74, 6) is 0.988. The van der Waals surface area contributed by atoms with Gasteiger partial charge in [0.2, 0.25) is 0 Å². The van der Waals surface area contributed by atoms with E-state index in [2.05, 4.69) is 36.1 Å². The van der Waals surface area contributed by atoms with Gasteiger partial charge < -0.3 is 15.1 Å². The number of hydrogen-bond donors (Lipinski definition) is 1. The molecule has 3 nitrogen and oxygen atoms in total. The Balaban J connectivity index is 2.03. The summed E-state index contributed by atoms with van der Waals surface area (Å²) >= 11 is 0. The summed E-state index contributed by atoms with van der Waals surface area (Å²) in [4.78, 5) is 4.86. The Kier molecular flexibility index (Phi) is 7.82. The van der Waals surface area contributed by atoms with Crippen LogP contribution in [0.25, 0.3) is 0 Å². The monoisotopic (exact) mass is 241 g/mol. The van der Waals surface area contributed by atoms with E-state index in [1.807, 2.05) is 0 Å². The molecular formula is C14H31N3. The highest BCUT2D eigenvalue weighted by atomic mass is 15.1. The van der Waals surface area contributed by atoms with Gasteiger partial charge in [-0.15, -0.1) is 0 Å². The number of nitrogens with zero attached hydrogens (tertiary/aromatic N) is 2. The van der Waals surface area contributed by atoms with Gasteiger partial charge in [0.15, 0.2) is 0 Å². The molecule has 0 aromatic rings. The summed E-state index contributed by atoms with van der Waals surface area (Å²) in [7, 11) is 4.25. The molecule has 1 N–H and O–H groups in total. The third-order valence-corrected chi connectivity index (χ3v) is 3.86. The van der Waals surface area contributed by atoms with Crippen molar-refractivity contribution in [3.63, 3.8) is 0 Å². The zero-order chi connectivity index (χ0) is 12.5. The fourth-order valence-corrected chi connectivity index (χ4v) is 2.52. The molecule has 3 heteroatoms. The van der Waals surface area contributed by atoms with E-state index in [0.717, 1.165) is 25.6 Å². The predicted molar refractivity (Wildman–Crippen MR) is 75.5 cm³/mol. The van der Waals surface area contributed by atoms with Crippen molar-refractivity contribution in [2.75, 3.05) is 53.4 Å². The lowest BCUT2D eigenvalue weighted by molar-refractivity contribution is 0.277. The van der Waals surface area contributed by atoms with E-state index in [9.17, 15) is 0 Å². The molecule has 1 heterocycles. The molecule has 1 saturated heterocycles. The van der Waals surface area contributed by atoms with Gasteiger partial charge in [-0.05, 0) is 52.4 Å². The Morgan fingerprint density at radius 1 is 1.18 bits per heavy atom. The SMILES string of the molecule is CCC1CCCN(CCNCCN(C)C)CC1. The highest BCUT2D eigenvalue weighted by molar-refractivity contribution is 4.69. The fraction of sp³-hybridized carbons (Fsp3) is 1.00. The van der Waals surface area contributed by atoms with Crippen LogP contribution in [0.5, 0.6) is 0 Å². The van der Waals surface area contributed by atoms with E-state index in [4.69, 9.17) is 0 Å². The number of likely N-dealkylation sites (tertiary alicyclic amines) is 1. The van der Waals surface area contributed by atoms with Crippen molar-refractivity contribution in [1.29, 1.82) is 0 Å². The molecule has 17 heavy (non-hydrogen) atoms. The number of nitrogens with one attached hydrogen (secondary N) is 1. The summed E-state index contributed by atoms with van der Waals surface area (Å²) in [5.41, 5.74) is 0. The van der Waals surface area contributed by atoms with E-state index in [-0.39, 0.29) is 0 Å². The molecular weight excluding hydrogens is 210 g/mol. The van der Waals surface area contributed by atoms with E-state index in [1.165, 1.54) is 45.3 Å². The fourth-order valence-electron chi connectivity index (χ4n) is 2.52. The van der Waals surface area contributed by atoms with Crippen molar-refractivity contribution >= 4 is 0 Å². The topological polar surface area (TPSA) is 18.5 Å². The largest absolute Gasteiger partial charge is 0.314 e. The maximum Gasteiger partial charge on any atom is 0.0107 e. The lowest BCUT2D eigenvalue weighted by atomic mass is 9.98. The normalized spacial score (nSPS) is 22.9. The van der Waals surface area contributed by atoms with E-state index in [0.29, 0.717) is 0 Å². The third-order valence-electron chi connectivity index (χ3n) is 3.86. The second kappa shape index (κ2) is 8.90. The molecule has 0 aromatic carbocycles. The molecule has 1 atom stereocenters. The Morgan fingerprint density at radius 3 is 2.71 bits per heavy atom. The lowest BCUT2D eigenvalue weighted by Gasteiger charge is -2.20. The van der Waals surface area contributed by atoms with Gasteiger partial charge in [-0.3, -0.25) is 0 Å². The van der Waals surface area contributed by atoms with Gasteiger partial charge in [-0.1, -0.05) is 13.3 Å². The first-order valence-corrected chi connectivity index (χ1v) is 7.30. The molecule has 0 saturated carbocycles. The molecule has 0 spiro atoms. The minimum absolute atomic E-state index is 0.988. The maximum atomic E-state index is 3.53. The molecule has 1 aliphatic rings. The van der Waals surface area contributed by atoms with Crippen LogP contribution in [0.2, 0.25) is 0 Å². The average Bonchev–Trinajstić information content (AvgIpc) is 2.53. The van der Waals surface area contributed by atoms with E-state index in [1.54, 1.807) is 0 Å². The second-order valence-corrected chi connectivity index (χ2v) is 5.60. The van der Waals surface area contributed by atoms with Crippen LogP contribution in [0.4, 0.5) is 0 Å². The molecule has 102 valence electrons. The van der Waals surface area contributed by atoms with Gasteiger partial charge in [0.1, 0.15) is 0 Å². The third kappa shape index (κ3) is 7.02. The van der Waals surface area contributed by atoms with E-state index >= 15 is 0 Å². The van der Waals surface area contributed by atoms with Crippen LogP contribution < -0.4 is 5.32 Å². The number of rotatable bonds is 7. The van der Waals surface area contributed by atoms with Crippen LogP contribution in [-0.4, -0.2) is 63.2 Å². The minimum Gasteiger partial charge on any atom is -0.314 e. The van der Waals surface area contributed by atoms with Gasteiger partial charge in [-0.2, -0.15) is 0 Å². The van der Waals surface area contributed by atoms with Crippen molar-refractivity contribution in [2.24, 2.45) is 5.92 Å². The number of hydrogen-bond acceptors (Lipinski definition) is 3. The Hall–Kier alpha value is -0.120. The van der Waals surface area contributed by atoms with Crippen molar-refractivity contribution in [2.45, 2.75) is 32.6 Å². The van der Waals surface area contributed by atoms with Crippen molar-refractivity contribution < 1.29 is 0 Å². The van der Waals surface area contributed by atoms with Crippen molar-refractivity contribution in [1.82, 2.24) is 15.1 Å². The van der Waals surface area contributed by atoms with Gasteiger partial charge in [0.25, 0.3) is 0 Å². The van der Waals surface area contributed by atoms with Crippen molar-refractivity contribution in [3.8, 4) is 0 Å². The van der Waals surface area contributed by atoms with Crippen LogP contribution in [0, 0.1) is 5.92 Å². The van der Waals surface area contributed by atoms with Crippen LogP contribution in [0.3, 0.4) is 0 Å². The Morgan fingerprint density at radius 2 is 2.00 bits per heavy atom. The average molecular weight is 241 g/mol. The zero-order valence-corrected chi connectivity index (χ0v) is 12.0. The first-order chi connectivity index (χ1) is 8.22. The smallest absolute Gasteiger partial charge is 0.0107 e. The first kappa shape index (κ1) is 14.9. The molecule has 1 fully saturated rings. The first-order valence-electron chi connectivity index (χ1n) is 7.30. The van der Waals surface area contributed by atoms with Gasteiger partial charge in [0, 0.05) is 26.2 Å². The minimum atomic E-state index is 0.988. The van der Waals surface area contributed by atoms with Crippen LogP contribution in [0.1, 0.15) is 32.6 Å². The summed E-state index contributed by atoms with van der Waals surface area (Å²) in [5, 5.41) is 3.53. The summed E-state index contributed by atoms with van der Waals surface area (Å²) in [6.45, 7) is 9.58. The van der Waals surface area contributed by atoms with E-state index < -0.39 is 0 Å². The second-order valence-electron chi connectivity index (χ2n) is 5.60. The quantitative estimate of drug-likeness (QED) is 0.684. The van der Waals surface area contributed by atoms with Gasteiger partial charge >= 0.3 is 0 Å². The molecule has 1 rings (SSSR count). The zero-order valence-electron chi connectivity index (χ0n) is 12.0. The number of likely N-dealkylation sites (N-methyl/N-ethyl adjacent to an activating group) is 1.